The van der Waals surface area contributed by atoms with Crippen LogP contribution in [0.15, 0.2) is 22.7 Å². The maximum Gasteiger partial charge on any atom is 0.246 e. The summed E-state index contributed by atoms with van der Waals surface area (Å²) in [6, 6.07) is 6.09. The molecule has 0 atom stereocenters. The Hall–Kier alpha value is -2.04. The molecule has 0 fully saturated rings. The van der Waals surface area contributed by atoms with E-state index in [1.165, 1.54) is 11.3 Å². The second kappa shape index (κ2) is 5.76. The Morgan fingerprint density at radius 1 is 1.38 bits per heavy atom. The van der Waals surface area contributed by atoms with Gasteiger partial charge in [-0.15, -0.1) is 0 Å². The average Bonchev–Trinajstić information content (AvgIpc) is 2.86. The van der Waals surface area contributed by atoms with Gasteiger partial charge in [-0.25, -0.2) is 0 Å². The number of rotatable bonds is 4. The van der Waals surface area contributed by atoms with Gasteiger partial charge in [0.1, 0.15) is 0 Å². The van der Waals surface area contributed by atoms with Gasteiger partial charge >= 0.3 is 0 Å². The molecular weight excluding hydrogens is 264 g/mol. The summed E-state index contributed by atoms with van der Waals surface area (Å²) in [6.45, 7) is 5.96. The molecule has 1 aliphatic heterocycles. The van der Waals surface area contributed by atoms with E-state index in [9.17, 15) is 0 Å². The predicted octanol–water partition coefficient (Wildman–Crippen LogP) is 2.80. The van der Waals surface area contributed by atoms with Crippen LogP contribution in [0.4, 0.5) is 11.4 Å². The van der Waals surface area contributed by atoms with Crippen LogP contribution >= 0.6 is 0 Å². The van der Waals surface area contributed by atoms with Gasteiger partial charge < -0.3 is 15.2 Å². The summed E-state index contributed by atoms with van der Waals surface area (Å²) < 4.78 is 5.38. The zero-order chi connectivity index (χ0) is 14.8. The third kappa shape index (κ3) is 3.01. The minimum atomic E-state index is 0.533. The molecule has 0 saturated heterocycles. The van der Waals surface area contributed by atoms with Gasteiger partial charge in [-0.3, -0.25) is 0 Å². The van der Waals surface area contributed by atoms with E-state index in [1.807, 2.05) is 12.1 Å². The van der Waals surface area contributed by atoms with Gasteiger partial charge in [0.25, 0.3) is 0 Å². The van der Waals surface area contributed by atoms with Crippen LogP contribution in [0.1, 0.15) is 37.5 Å². The van der Waals surface area contributed by atoms with Crippen molar-refractivity contribution < 1.29 is 4.52 Å². The van der Waals surface area contributed by atoms with E-state index in [-0.39, 0.29) is 0 Å². The van der Waals surface area contributed by atoms with Crippen molar-refractivity contribution >= 4 is 11.4 Å². The first-order valence-electron chi connectivity index (χ1n) is 7.57. The molecule has 0 spiro atoms. The summed E-state index contributed by atoms with van der Waals surface area (Å²) in [5.74, 6) is 2.01. The molecule has 2 aromatic rings. The van der Waals surface area contributed by atoms with Crippen molar-refractivity contribution in [3.05, 3.63) is 35.5 Å². The average molecular weight is 286 g/mol. The molecule has 0 unspecified atom stereocenters. The highest BCUT2D eigenvalue weighted by Gasteiger charge is 2.20. The van der Waals surface area contributed by atoms with Crippen molar-refractivity contribution in [2.75, 3.05) is 17.2 Å². The number of anilines is 2. The van der Waals surface area contributed by atoms with Gasteiger partial charge in [0.15, 0.2) is 5.82 Å². The maximum absolute atomic E-state index is 6.08. The Morgan fingerprint density at radius 2 is 2.24 bits per heavy atom. The first-order chi connectivity index (χ1) is 10.1. The van der Waals surface area contributed by atoms with E-state index in [0.717, 1.165) is 37.3 Å². The second-order valence-corrected chi connectivity index (χ2v) is 6.07. The van der Waals surface area contributed by atoms with Crippen LogP contribution in [0.25, 0.3) is 0 Å². The van der Waals surface area contributed by atoms with E-state index >= 15 is 0 Å². The monoisotopic (exact) mass is 286 g/mol. The van der Waals surface area contributed by atoms with Crippen LogP contribution < -0.4 is 10.6 Å². The molecule has 1 aromatic carbocycles. The van der Waals surface area contributed by atoms with E-state index in [0.29, 0.717) is 18.4 Å². The summed E-state index contributed by atoms with van der Waals surface area (Å²) >= 11 is 0. The van der Waals surface area contributed by atoms with Crippen molar-refractivity contribution in [1.29, 1.82) is 0 Å². The fourth-order valence-electron chi connectivity index (χ4n) is 2.86. The Balaban J connectivity index is 1.77. The topological polar surface area (TPSA) is 68.2 Å². The summed E-state index contributed by atoms with van der Waals surface area (Å²) in [6.07, 6.45) is 3.00. The minimum absolute atomic E-state index is 0.533. The molecule has 112 valence electrons. The number of nitrogen functional groups attached to an aromatic ring is 1. The summed E-state index contributed by atoms with van der Waals surface area (Å²) in [5, 5.41) is 4.06. The highest BCUT2D eigenvalue weighted by atomic mass is 16.5. The molecule has 1 aromatic heterocycles. The van der Waals surface area contributed by atoms with E-state index in [2.05, 4.69) is 35.0 Å². The largest absolute Gasteiger partial charge is 0.398 e. The molecule has 2 heterocycles. The lowest BCUT2D eigenvalue weighted by atomic mass is 10.00. The summed E-state index contributed by atoms with van der Waals surface area (Å²) in [4.78, 5) is 6.77. The van der Waals surface area contributed by atoms with Crippen molar-refractivity contribution in [2.24, 2.45) is 5.92 Å². The zero-order valence-corrected chi connectivity index (χ0v) is 12.7. The van der Waals surface area contributed by atoms with Gasteiger partial charge in [0, 0.05) is 24.3 Å². The molecule has 3 rings (SSSR count). The van der Waals surface area contributed by atoms with Crippen LogP contribution in [-0.2, 0) is 19.4 Å². The van der Waals surface area contributed by atoms with E-state index < -0.39 is 0 Å². The van der Waals surface area contributed by atoms with E-state index in [1.54, 1.807) is 0 Å². The number of nitrogens with zero attached hydrogens (tertiary/aromatic N) is 3. The molecule has 0 bridgehead atoms. The van der Waals surface area contributed by atoms with Gasteiger partial charge in [-0.05, 0) is 36.5 Å². The molecule has 0 aliphatic carbocycles. The third-order valence-electron chi connectivity index (χ3n) is 3.81. The summed E-state index contributed by atoms with van der Waals surface area (Å²) in [7, 11) is 0. The molecule has 5 nitrogen and oxygen atoms in total. The van der Waals surface area contributed by atoms with Gasteiger partial charge in [0.05, 0.1) is 6.54 Å². The SMILES string of the molecule is CC(C)Cc1noc(CN2CCCc3c(N)cccc32)n1. The summed E-state index contributed by atoms with van der Waals surface area (Å²) in [5.41, 5.74) is 9.40. The quantitative estimate of drug-likeness (QED) is 0.875. The maximum atomic E-state index is 6.08. The highest BCUT2D eigenvalue weighted by molar-refractivity contribution is 5.66. The molecule has 0 saturated carbocycles. The third-order valence-corrected chi connectivity index (χ3v) is 3.81. The normalized spacial score (nSPS) is 14.5. The molecule has 2 N–H and O–H groups in total. The number of aromatic nitrogens is 2. The van der Waals surface area contributed by atoms with Crippen LogP contribution in [-0.4, -0.2) is 16.7 Å². The van der Waals surface area contributed by atoms with E-state index in [4.69, 9.17) is 10.3 Å². The molecular formula is C16H22N4O. The second-order valence-electron chi connectivity index (χ2n) is 6.07. The van der Waals surface area contributed by atoms with Crippen molar-refractivity contribution in [1.82, 2.24) is 10.1 Å². The molecule has 0 amide bonds. The Kier molecular flexibility index (Phi) is 3.82. The number of hydrogen-bond acceptors (Lipinski definition) is 5. The fourth-order valence-corrected chi connectivity index (χ4v) is 2.86. The van der Waals surface area contributed by atoms with Crippen LogP contribution in [0, 0.1) is 5.92 Å². The number of benzene rings is 1. The van der Waals surface area contributed by atoms with Crippen LogP contribution in [0.3, 0.4) is 0 Å². The Morgan fingerprint density at radius 3 is 3.05 bits per heavy atom. The molecule has 0 radical (unpaired) electrons. The van der Waals surface area contributed by atoms with Crippen LogP contribution in [0.2, 0.25) is 0 Å². The van der Waals surface area contributed by atoms with Crippen molar-refractivity contribution in [3.63, 3.8) is 0 Å². The highest BCUT2D eigenvalue weighted by Crippen LogP contribution is 2.32. The zero-order valence-electron chi connectivity index (χ0n) is 12.7. The first-order valence-corrected chi connectivity index (χ1v) is 7.57. The Bertz CT molecular complexity index is 620. The van der Waals surface area contributed by atoms with Crippen molar-refractivity contribution in [3.8, 4) is 0 Å². The van der Waals surface area contributed by atoms with Gasteiger partial charge in [0.2, 0.25) is 5.89 Å². The Labute approximate surface area is 125 Å². The molecule has 5 heteroatoms. The predicted molar refractivity (Wildman–Crippen MR) is 83.1 cm³/mol. The number of fused-ring (bicyclic) bond motifs is 1. The van der Waals surface area contributed by atoms with Gasteiger partial charge in [-0.2, -0.15) is 4.98 Å². The number of nitrogens with two attached hydrogens (primary N) is 1. The van der Waals surface area contributed by atoms with Crippen molar-refractivity contribution in [2.45, 2.75) is 39.7 Å². The van der Waals surface area contributed by atoms with Crippen LogP contribution in [0.5, 0.6) is 0 Å². The standard InChI is InChI=1S/C16H22N4O/c1-11(2)9-15-18-16(21-19-15)10-20-8-4-5-12-13(17)6-3-7-14(12)20/h3,6-7,11H,4-5,8-10,17H2,1-2H3. The molecule has 1 aliphatic rings. The lowest BCUT2D eigenvalue weighted by molar-refractivity contribution is 0.368. The smallest absolute Gasteiger partial charge is 0.246 e. The lowest BCUT2D eigenvalue weighted by Gasteiger charge is -2.30. The lowest BCUT2D eigenvalue weighted by Crippen LogP contribution is -2.29. The molecule has 21 heavy (non-hydrogen) atoms. The number of hydrogen-bond donors (Lipinski definition) is 1. The fraction of sp³-hybridized carbons (Fsp3) is 0.500. The van der Waals surface area contributed by atoms with Gasteiger partial charge in [-0.1, -0.05) is 25.1 Å². The minimum Gasteiger partial charge on any atom is -0.398 e. The first kappa shape index (κ1) is 13.9.